The van der Waals surface area contributed by atoms with Crippen LogP contribution < -0.4 is 4.72 Å². The number of hydrogen-bond donors (Lipinski definition) is 2. The maximum Gasteiger partial charge on any atom is 0.264 e. The van der Waals surface area contributed by atoms with Gasteiger partial charge in [0.05, 0.1) is 28.1 Å². The average Bonchev–Trinajstić information content (AvgIpc) is 2.36. The summed E-state index contributed by atoms with van der Waals surface area (Å²) in [6.45, 7) is 0. The highest BCUT2D eigenvalue weighted by Gasteiger charge is 2.17. The highest BCUT2D eigenvalue weighted by molar-refractivity contribution is 7.92. The van der Waals surface area contributed by atoms with Crippen LogP contribution in [0.15, 0.2) is 29.4 Å². The lowest BCUT2D eigenvalue weighted by molar-refractivity contribution is 0.476. The van der Waals surface area contributed by atoms with Gasteiger partial charge in [-0.05, 0) is 23.7 Å². The Hall–Kier alpha value is -1.28. The summed E-state index contributed by atoms with van der Waals surface area (Å²) in [4.78, 5) is 6.98. The van der Waals surface area contributed by atoms with Crippen molar-refractivity contribution in [3.8, 4) is 5.75 Å². The summed E-state index contributed by atoms with van der Waals surface area (Å²) in [5.41, 5.74) is 0.0905. The summed E-state index contributed by atoms with van der Waals surface area (Å²) in [5.74, 6) is -0.328. The minimum Gasteiger partial charge on any atom is -0.505 e. The fourth-order valence-electron chi connectivity index (χ4n) is 1.28. The number of sulfonamides is 1. The first-order valence-electron chi connectivity index (χ1n) is 4.98. The largest absolute Gasteiger partial charge is 0.505 e. The highest BCUT2D eigenvalue weighted by Crippen LogP contribution is 2.35. The van der Waals surface area contributed by atoms with Gasteiger partial charge in [0.1, 0.15) is 4.90 Å². The van der Waals surface area contributed by atoms with Gasteiger partial charge in [0.25, 0.3) is 10.0 Å². The van der Waals surface area contributed by atoms with E-state index >= 15 is 0 Å². The van der Waals surface area contributed by atoms with Crippen LogP contribution in [0.5, 0.6) is 5.75 Å². The van der Waals surface area contributed by atoms with Gasteiger partial charge in [-0.25, -0.2) is 18.4 Å². The predicted octanol–water partition coefficient (Wildman–Crippen LogP) is 2.94. The number of nitrogens with zero attached hydrogens (tertiary/aromatic N) is 2. The molecule has 0 aliphatic carbocycles. The zero-order valence-electron chi connectivity index (χ0n) is 9.51. The molecule has 1 heterocycles. The van der Waals surface area contributed by atoms with Gasteiger partial charge in [0.15, 0.2) is 5.75 Å². The molecule has 0 fully saturated rings. The molecular formula is C10H6Cl3N3O3S. The quantitative estimate of drug-likeness (QED) is 0.653. The number of anilines is 1. The Morgan fingerprint density at radius 2 is 1.55 bits per heavy atom. The van der Waals surface area contributed by atoms with E-state index in [0.717, 1.165) is 12.4 Å². The standard InChI is InChI=1S/C10H6Cl3N3O3S/c11-7-1-5(2-8(12)9(7)17)16-20(18,19)6-3-14-10(13)15-4-6/h1-4,16-17H. The molecule has 0 atom stereocenters. The van der Waals surface area contributed by atoms with Crippen LogP contribution in [0.4, 0.5) is 5.69 Å². The lowest BCUT2D eigenvalue weighted by Gasteiger charge is -2.09. The number of halogens is 3. The van der Waals surface area contributed by atoms with E-state index in [4.69, 9.17) is 34.8 Å². The molecule has 0 bridgehead atoms. The minimum atomic E-state index is -3.91. The van der Waals surface area contributed by atoms with E-state index < -0.39 is 10.0 Å². The van der Waals surface area contributed by atoms with E-state index in [-0.39, 0.29) is 31.7 Å². The van der Waals surface area contributed by atoms with Crippen molar-refractivity contribution >= 4 is 50.5 Å². The molecule has 0 saturated carbocycles. The van der Waals surface area contributed by atoms with Crippen LogP contribution in [0.25, 0.3) is 0 Å². The second-order valence-electron chi connectivity index (χ2n) is 3.58. The zero-order valence-corrected chi connectivity index (χ0v) is 12.6. The van der Waals surface area contributed by atoms with E-state index in [0.29, 0.717) is 0 Å². The van der Waals surface area contributed by atoms with E-state index in [2.05, 4.69) is 14.7 Å². The number of aromatic nitrogens is 2. The molecule has 0 amide bonds. The summed E-state index contributed by atoms with van der Waals surface area (Å²) in [6, 6.07) is 2.44. The zero-order chi connectivity index (χ0) is 14.9. The van der Waals surface area contributed by atoms with Crippen LogP contribution >= 0.6 is 34.8 Å². The van der Waals surface area contributed by atoms with Gasteiger partial charge >= 0.3 is 0 Å². The van der Waals surface area contributed by atoms with E-state index in [1.165, 1.54) is 12.1 Å². The average molecular weight is 355 g/mol. The number of phenolic OH excluding ortho intramolecular Hbond substituents is 1. The van der Waals surface area contributed by atoms with E-state index in [1.807, 2.05) is 0 Å². The number of aromatic hydroxyl groups is 1. The van der Waals surface area contributed by atoms with Crippen molar-refractivity contribution in [3.63, 3.8) is 0 Å². The third kappa shape index (κ3) is 3.24. The molecule has 20 heavy (non-hydrogen) atoms. The number of rotatable bonds is 3. The lowest BCUT2D eigenvalue weighted by atomic mass is 10.3. The molecule has 2 aromatic rings. The Morgan fingerprint density at radius 3 is 2.05 bits per heavy atom. The first-order valence-corrected chi connectivity index (χ1v) is 7.59. The second kappa shape index (κ2) is 5.61. The molecule has 2 N–H and O–H groups in total. The maximum absolute atomic E-state index is 12.0. The fourth-order valence-corrected chi connectivity index (χ4v) is 2.79. The topological polar surface area (TPSA) is 92.2 Å². The van der Waals surface area contributed by atoms with E-state index in [1.54, 1.807) is 0 Å². The van der Waals surface area contributed by atoms with Crippen molar-refractivity contribution in [2.45, 2.75) is 4.90 Å². The molecule has 10 heteroatoms. The number of nitrogens with one attached hydrogen (secondary N) is 1. The maximum atomic E-state index is 12.0. The first kappa shape index (κ1) is 15.1. The summed E-state index contributed by atoms with van der Waals surface area (Å²) in [5, 5.41) is 9.17. The number of hydrogen-bond acceptors (Lipinski definition) is 5. The summed E-state index contributed by atoms with van der Waals surface area (Å²) >= 11 is 16.9. The van der Waals surface area contributed by atoms with Gasteiger partial charge in [-0.2, -0.15) is 0 Å². The summed E-state index contributed by atoms with van der Waals surface area (Å²) in [7, 11) is -3.91. The molecule has 0 spiro atoms. The van der Waals surface area contributed by atoms with Crippen molar-refractivity contribution < 1.29 is 13.5 Å². The fraction of sp³-hybridized carbons (Fsp3) is 0. The highest BCUT2D eigenvalue weighted by atomic mass is 35.5. The van der Waals surface area contributed by atoms with Crippen molar-refractivity contribution in [2.75, 3.05) is 4.72 Å². The Balaban J connectivity index is 2.36. The van der Waals surface area contributed by atoms with E-state index in [9.17, 15) is 13.5 Å². The molecule has 1 aromatic heterocycles. The molecule has 6 nitrogen and oxygen atoms in total. The normalized spacial score (nSPS) is 11.3. The van der Waals surface area contributed by atoms with Crippen molar-refractivity contribution in [2.24, 2.45) is 0 Å². The number of phenols is 1. The van der Waals surface area contributed by atoms with Gasteiger partial charge in [-0.15, -0.1) is 0 Å². The molecule has 0 radical (unpaired) electrons. The van der Waals surface area contributed by atoms with Crippen LogP contribution in [-0.4, -0.2) is 23.5 Å². The van der Waals surface area contributed by atoms with Gasteiger partial charge in [0, 0.05) is 0 Å². The lowest BCUT2D eigenvalue weighted by Crippen LogP contribution is -2.13. The van der Waals surface area contributed by atoms with Gasteiger partial charge < -0.3 is 5.11 Å². The van der Waals surface area contributed by atoms with Crippen molar-refractivity contribution in [1.29, 1.82) is 0 Å². The Kier molecular flexibility index (Phi) is 4.24. The predicted molar refractivity (Wildman–Crippen MR) is 76.0 cm³/mol. The van der Waals surface area contributed by atoms with Crippen molar-refractivity contribution in [1.82, 2.24) is 9.97 Å². The SMILES string of the molecule is O=S(=O)(Nc1cc(Cl)c(O)c(Cl)c1)c1cnc(Cl)nc1. The van der Waals surface area contributed by atoms with Crippen LogP contribution in [0, 0.1) is 0 Å². The second-order valence-corrected chi connectivity index (χ2v) is 6.42. The monoisotopic (exact) mass is 353 g/mol. The van der Waals surface area contributed by atoms with Crippen LogP contribution in [0.2, 0.25) is 15.3 Å². The number of benzene rings is 1. The van der Waals surface area contributed by atoms with Gasteiger partial charge in [-0.1, -0.05) is 23.2 Å². The van der Waals surface area contributed by atoms with Gasteiger partial charge in [0.2, 0.25) is 5.28 Å². The Labute approximate surface area is 129 Å². The molecule has 0 saturated heterocycles. The molecule has 0 unspecified atom stereocenters. The smallest absolute Gasteiger partial charge is 0.264 e. The van der Waals surface area contributed by atoms with Gasteiger partial charge in [-0.3, -0.25) is 4.72 Å². The van der Waals surface area contributed by atoms with Crippen LogP contribution in [-0.2, 0) is 10.0 Å². The molecule has 1 aromatic carbocycles. The van der Waals surface area contributed by atoms with Crippen LogP contribution in [0.3, 0.4) is 0 Å². The Morgan fingerprint density at radius 1 is 1.05 bits per heavy atom. The van der Waals surface area contributed by atoms with Crippen molar-refractivity contribution in [3.05, 3.63) is 39.9 Å². The first-order chi connectivity index (χ1) is 9.29. The summed E-state index contributed by atoms with van der Waals surface area (Å²) < 4.78 is 26.3. The molecule has 2 rings (SSSR count). The molecule has 0 aliphatic heterocycles. The van der Waals surface area contributed by atoms with Crippen LogP contribution in [0.1, 0.15) is 0 Å². The minimum absolute atomic E-state index is 0.0697. The molecular weight excluding hydrogens is 349 g/mol. The Bertz CT molecular complexity index is 727. The third-order valence-corrected chi connectivity index (χ3v) is 4.28. The molecule has 106 valence electrons. The summed E-state index contributed by atoms with van der Waals surface area (Å²) in [6.07, 6.45) is 2.11. The third-order valence-electron chi connectivity index (χ3n) is 2.18. The molecule has 0 aliphatic rings.